The molecular weight excluding hydrogens is 230 g/mol. The van der Waals surface area contributed by atoms with Gasteiger partial charge in [0.25, 0.3) is 0 Å². The van der Waals surface area contributed by atoms with Crippen LogP contribution in [0, 0.1) is 17.2 Å². The summed E-state index contributed by atoms with van der Waals surface area (Å²) in [4.78, 5) is 10.1. The van der Waals surface area contributed by atoms with E-state index in [1.54, 1.807) is 0 Å². The van der Waals surface area contributed by atoms with Gasteiger partial charge in [0.2, 0.25) is 5.88 Å². The summed E-state index contributed by atoms with van der Waals surface area (Å²) in [5, 5.41) is 8.87. The molecule has 0 fully saturated rings. The first kappa shape index (κ1) is 14.0. The van der Waals surface area contributed by atoms with Crippen LogP contribution in [0.2, 0.25) is 0 Å². The minimum Gasteiger partial charge on any atom is -0.476 e. The van der Waals surface area contributed by atoms with E-state index >= 15 is 0 Å². The molecule has 1 aromatic heterocycles. The Morgan fingerprint density at radius 3 is 2.78 bits per heavy atom. The van der Waals surface area contributed by atoms with Crippen LogP contribution in [0.15, 0.2) is 6.33 Å². The highest BCUT2D eigenvalue weighted by molar-refractivity contribution is 5.67. The van der Waals surface area contributed by atoms with Crippen LogP contribution in [0.25, 0.3) is 0 Å². The Kier molecular flexibility index (Phi) is 5.18. The molecule has 0 radical (unpaired) electrons. The molecule has 98 valence electrons. The van der Waals surface area contributed by atoms with Crippen molar-refractivity contribution in [3.05, 3.63) is 6.33 Å². The van der Waals surface area contributed by atoms with Crippen LogP contribution < -0.4 is 15.4 Å². The van der Waals surface area contributed by atoms with Crippen molar-refractivity contribution in [1.82, 2.24) is 9.97 Å². The number of nitriles is 1. The molecule has 1 heterocycles. The van der Waals surface area contributed by atoms with E-state index in [0.29, 0.717) is 30.5 Å². The Bertz CT molecular complexity index is 429. The fraction of sp³-hybridized carbons (Fsp3) is 0.583. The Morgan fingerprint density at radius 1 is 1.50 bits per heavy atom. The van der Waals surface area contributed by atoms with Crippen molar-refractivity contribution < 1.29 is 4.74 Å². The van der Waals surface area contributed by atoms with Crippen molar-refractivity contribution in [2.75, 3.05) is 30.3 Å². The topological polar surface area (TPSA) is 88.1 Å². The maximum absolute atomic E-state index is 8.87. The molecule has 0 saturated heterocycles. The molecule has 1 aromatic rings. The predicted molar refractivity (Wildman–Crippen MR) is 70.3 cm³/mol. The van der Waals surface area contributed by atoms with Crippen molar-refractivity contribution in [3.63, 3.8) is 0 Å². The maximum Gasteiger partial charge on any atom is 0.242 e. The van der Waals surface area contributed by atoms with Gasteiger partial charge in [-0.15, -0.1) is 0 Å². The van der Waals surface area contributed by atoms with Crippen LogP contribution in [0.1, 0.15) is 20.8 Å². The van der Waals surface area contributed by atoms with Gasteiger partial charge in [-0.2, -0.15) is 10.2 Å². The number of nitrogens with two attached hydrogens (primary N) is 1. The average Bonchev–Trinajstić information content (AvgIpc) is 2.38. The van der Waals surface area contributed by atoms with Gasteiger partial charge in [-0.1, -0.05) is 0 Å². The molecule has 2 N–H and O–H groups in total. The van der Waals surface area contributed by atoms with Gasteiger partial charge in [0, 0.05) is 13.1 Å². The highest BCUT2D eigenvalue weighted by atomic mass is 16.5. The zero-order chi connectivity index (χ0) is 13.5. The summed E-state index contributed by atoms with van der Waals surface area (Å²) in [7, 11) is 0. The number of nitrogens with zero attached hydrogens (tertiary/aromatic N) is 4. The third kappa shape index (κ3) is 3.23. The molecule has 1 atom stereocenters. The molecule has 0 spiro atoms. The molecule has 0 aromatic carbocycles. The standard InChI is InChI=1S/C12H19N5O/c1-4-17(7-9(3)6-13)11-10(14)12(18-5-2)16-8-15-11/h8-9H,4-5,7,14H2,1-3H3. The van der Waals surface area contributed by atoms with Gasteiger partial charge >= 0.3 is 0 Å². The monoisotopic (exact) mass is 249 g/mol. The van der Waals surface area contributed by atoms with Gasteiger partial charge in [-0.3, -0.25) is 0 Å². The van der Waals surface area contributed by atoms with Gasteiger partial charge in [-0.05, 0) is 20.8 Å². The molecule has 0 aliphatic carbocycles. The minimum absolute atomic E-state index is 0.0881. The highest BCUT2D eigenvalue weighted by Gasteiger charge is 2.16. The molecule has 1 rings (SSSR count). The molecule has 6 heteroatoms. The maximum atomic E-state index is 8.87. The van der Waals surface area contributed by atoms with Gasteiger partial charge in [0.15, 0.2) is 5.82 Å². The fourth-order valence-corrected chi connectivity index (χ4v) is 1.61. The number of anilines is 2. The molecule has 6 nitrogen and oxygen atoms in total. The van der Waals surface area contributed by atoms with Crippen molar-refractivity contribution in [2.24, 2.45) is 5.92 Å². The summed E-state index contributed by atoms with van der Waals surface area (Å²) in [6.07, 6.45) is 1.43. The van der Waals surface area contributed by atoms with Crippen LogP contribution in [-0.2, 0) is 0 Å². The molecule has 1 unspecified atom stereocenters. The number of rotatable bonds is 6. The van der Waals surface area contributed by atoms with Gasteiger partial charge in [0.05, 0.1) is 18.6 Å². The van der Waals surface area contributed by atoms with Gasteiger partial charge < -0.3 is 15.4 Å². The van der Waals surface area contributed by atoms with E-state index in [4.69, 9.17) is 15.7 Å². The first-order valence-corrected chi connectivity index (χ1v) is 6.01. The summed E-state index contributed by atoms with van der Waals surface area (Å²) in [5.74, 6) is 0.929. The van der Waals surface area contributed by atoms with E-state index in [1.807, 2.05) is 25.7 Å². The summed E-state index contributed by atoms with van der Waals surface area (Å²) in [5.41, 5.74) is 6.41. The van der Waals surface area contributed by atoms with Gasteiger partial charge in [-0.25, -0.2) is 4.98 Å². The van der Waals surface area contributed by atoms with Crippen molar-refractivity contribution in [2.45, 2.75) is 20.8 Å². The lowest BCUT2D eigenvalue weighted by atomic mass is 10.2. The summed E-state index contributed by atoms with van der Waals surface area (Å²) in [6.45, 7) is 7.53. The largest absolute Gasteiger partial charge is 0.476 e. The van der Waals surface area contributed by atoms with Gasteiger partial charge in [0.1, 0.15) is 12.0 Å². The molecule has 0 bridgehead atoms. The Morgan fingerprint density at radius 2 is 2.22 bits per heavy atom. The van der Waals surface area contributed by atoms with E-state index in [1.165, 1.54) is 6.33 Å². The SMILES string of the molecule is CCOc1ncnc(N(CC)CC(C)C#N)c1N. The van der Waals surface area contributed by atoms with E-state index in [-0.39, 0.29) is 5.92 Å². The molecule has 18 heavy (non-hydrogen) atoms. The van der Waals surface area contributed by atoms with E-state index < -0.39 is 0 Å². The first-order valence-electron chi connectivity index (χ1n) is 6.01. The number of hydrogen-bond donors (Lipinski definition) is 1. The van der Waals surface area contributed by atoms with Crippen molar-refractivity contribution in [3.8, 4) is 11.9 Å². The predicted octanol–water partition coefficient (Wildman–Crippen LogP) is 1.44. The third-order valence-corrected chi connectivity index (χ3v) is 2.50. The molecule has 0 amide bonds. The molecule has 0 aliphatic heterocycles. The number of ether oxygens (including phenoxy) is 1. The Labute approximate surface area is 107 Å². The van der Waals surface area contributed by atoms with E-state index in [0.717, 1.165) is 6.54 Å². The fourth-order valence-electron chi connectivity index (χ4n) is 1.61. The van der Waals surface area contributed by atoms with Crippen LogP contribution in [0.3, 0.4) is 0 Å². The third-order valence-electron chi connectivity index (χ3n) is 2.50. The Hall–Kier alpha value is -2.03. The smallest absolute Gasteiger partial charge is 0.242 e. The second-order valence-electron chi connectivity index (χ2n) is 3.92. The number of nitrogen functional groups attached to an aromatic ring is 1. The lowest BCUT2D eigenvalue weighted by Gasteiger charge is -2.24. The summed E-state index contributed by atoms with van der Waals surface area (Å²) >= 11 is 0. The van der Waals surface area contributed by atoms with Crippen molar-refractivity contribution in [1.29, 1.82) is 5.26 Å². The van der Waals surface area contributed by atoms with Crippen LogP contribution >= 0.6 is 0 Å². The average molecular weight is 249 g/mol. The number of aromatic nitrogens is 2. The lowest BCUT2D eigenvalue weighted by molar-refractivity contribution is 0.328. The van der Waals surface area contributed by atoms with Crippen molar-refractivity contribution >= 4 is 11.5 Å². The molecule has 0 saturated carbocycles. The van der Waals surface area contributed by atoms with E-state index in [2.05, 4.69) is 16.0 Å². The first-order chi connectivity index (χ1) is 8.63. The molecular formula is C12H19N5O. The highest BCUT2D eigenvalue weighted by Crippen LogP contribution is 2.28. The quantitative estimate of drug-likeness (QED) is 0.820. The minimum atomic E-state index is -0.0881. The summed E-state index contributed by atoms with van der Waals surface area (Å²) < 4.78 is 5.34. The normalized spacial score (nSPS) is 11.7. The van der Waals surface area contributed by atoms with E-state index in [9.17, 15) is 0 Å². The Balaban J connectivity index is 2.99. The zero-order valence-electron chi connectivity index (χ0n) is 11.1. The zero-order valence-corrected chi connectivity index (χ0v) is 11.1. The molecule has 0 aliphatic rings. The lowest BCUT2D eigenvalue weighted by Crippen LogP contribution is -2.29. The number of hydrogen-bond acceptors (Lipinski definition) is 6. The summed E-state index contributed by atoms with van der Waals surface area (Å²) in [6, 6.07) is 2.20. The van der Waals surface area contributed by atoms with Crippen LogP contribution in [0.4, 0.5) is 11.5 Å². The second kappa shape index (κ2) is 6.64. The van der Waals surface area contributed by atoms with Crippen LogP contribution in [-0.4, -0.2) is 29.7 Å². The second-order valence-corrected chi connectivity index (χ2v) is 3.92. The van der Waals surface area contributed by atoms with Crippen LogP contribution in [0.5, 0.6) is 5.88 Å².